The molecule has 9 heteroatoms. The number of nitrogens with one attached hydrogen (secondary N) is 2. The summed E-state index contributed by atoms with van der Waals surface area (Å²) in [5.41, 5.74) is 1.62. The quantitative estimate of drug-likeness (QED) is 0.403. The van der Waals surface area contributed by atoms with Crippen LogP contribution >= 0.6 is 15.9 Å². The molecule has 1 aliphatic heterocycles. The predicted octanol–water partition coefficient (Wildman–Crippen LogP) is 4.32. The van der Waals surface area contributed by atoms with E-state index < -0.39 is 5.97 Å². The lowest BCUT2D eigenvalue weighted by atomic mass is 9.96. The number of hydrogen-bond acceptors (Lipinski definition) is 7. The molecule has 1 aliphatic rings. The number of rotatable bonds is 7. The monoisotopic (exact) mass is 475 g/mol. The van der Waals surface area contributed by atoms with Crippen LogP contribution in [0.25, 0.3) is 0 Å². The average Bonchev–Trinajstić information content (AvgIpc) is 2.72. The third-order valence-corrected chi connectivity index (χ3v) is 5.58. The number of nitrogens with zero attached hydrogens (tertiary/aromatic N) is 3. The zero-order valence-corrected chi connectivity index (χ0v) is 18.9. The van der Waals surface area contributed by atoms with Gasteiger partial charge in [0.25, 0.3) is 0 Å². The molecule has 8 nitrogen and oxygen atoms in total. The van der Waals surface area contributed by atoms with E-state index in [1.807, 2.05) is 19.9 Å². The van der Waals surface area contributed by atoms with Gasteiger partial charge in [-0.3, -0.25) is 0 Å². The maximum Gasteiger partial charge on any atom is 0.354 e. The Morgan fingerprint density at radius 2 is 2.03 bits per heavy atom. The third kappa shape index (κ3) is 4.96. The molecule has 0 aromatic carbocycles. The first kappa shape index (κ1) is 22.2. The van der Waals surface area contributed by atoms with E-state index >= 15 is 0 Å². The maximum absolute atomic E-state index is 11.8. The first-order valence-corrected chi connectivity index (χ1v) is 10.6. The molecule has 1 fully saturated rings. The molecule has 30 heavy (non-hydrogen) atoms. The Hall–Kier alpha value is -2.52. The van der Waals surface area contributed by atoms with Crippen LogP contribution in [0.1, 0.15) is 42.7 Å². The van der Waals surface area contributed by atoms with Crippen molar-refractivity contribution in [2.75, 3.05) is 30.4 Å². The second kappa shape index (κ2) is 9.53. The van der Waals surface area contributed by atoms with E-state index in [2.05, 4.69) is 36.1 Å². The number of piperidine rings is 1. The van der Waals surface area contributed by atoms with Gasteiger partial charge >= 0.3 is 5.97 Å². The second-order valence-electron chi connectivity index (χ2n) is 7.52. The zero-order chi connectivity index (χ0) is 21.8. The molecule has 0 spiro atoms. The van der Waals surface area contributed by atoms with Gasteiger partial charge in [0.05, 0.1) is 17.4 Å². The number of hydrogen-bond donors (Lipinski definition) is 3. The lowest BCUT2D eigenvalue weighted by Crippen LogP contribution is -2.38. The van der Waals surface area contributed by atoms with Gasteiger partial charge in [-0.1, -0.05) is 19.9 Å². The van der Waals surface area contributed by atoms with Crippen molar-refractivity contribution in [3.63, 3.8) is 0 Å². The number of carboxylic acid groups (broad SMARTS) is 1. The summed E-state index contributed by atoms with van der Waals surface area (Å²) in [6.45, 7) is 5.31. The number of methoxy groups -OCH3 is 1. The summed E-state index contributed by atoms with van der Waals surface area (Å²) in [6.07, 6.45) is 1.87. The highest BCUT2D eigenvalue weighted by Gasteiger charge is 2.27. The number of aromatic nitrogens is 2. The van der Waals surface area contributed by atoms with Crippen molar-refractivity contribution >= 4 is 44.9 Å². The first-order chi connectivity index (χ1) is 14.3. The average molecular weight is 476 g/mol. The van der Waals surface area contributed by atoms with Gasteiger partial charge in [0.1, 0.15) is 16.2 Å². The molecule has 160 valence electrons. The number of aromatic carboxylic acids is 1. The van der Waals surface area contributed by atoms with E-state index in [1.54, 1.807) is 25.3 Å². The van der Waals surface area contributed by atoms with Crippen LogP contribution in [0.3, 0.4) is 0 Å². The Labute approximate surface area is 184 Å². The molecule has 2 aromatic rings. The summed E-state index contributed by atoms with van der Waals surface area (Å²) in [5, 5.41) is 21.5. The molecule has 0 saturated carbocycles. The smallest absolute Gasteiger partial charge is 0.354 e. The van der Waals surface area contributed by atoms with Gasteiger partial charge in [-0.15, -0.1) is 0 Å². The standard InChI is InChI=1S/C21H26BrN5O3/c1-12(2)19(23)18-15(27-9-7-13(30-3)8-10-27)11-14(21(28)29)24-20(18)26-17-6-4-5-16(22)25-17/h4-6,11-13,23H,7-10H2,1-3H3,(H,28,29)(H,24,25,26). The summed E-state index contributed by atoms with van der Waals surface area (Å²) in [7, 11) is 1.71. The fourth-order valence-electron chi connectivity index (χ4n) is 3.47. The highest BCUT2D eigenvalue weighted by Crippen LogP contribution is 2.33. The van der Waals surface area contributed by atoms with E-state index in [1.165, 1.54) is 0 Å². The van der Waals surface area contributed by atoms with Crippen molar-refractivity contribution in [2.24, 2.45) is 5.92 Å². The fraction of sp³-hybridized carbons (Fsp3) is 0.429. The van der Waals surface area contributed by atoms with Crippen LogP contribution in [0.5, 0.6) is 0 Å². The molecule has 0 aliphatic carbocycles. The van der Waals surface area contributed by atoms with Gasteiger partial charge < -0.3 is 25.5 Å². The normalized spacial score (nSPS) is 14.8. The van der Waals surface area contributed by atoms with E-state index in [4.69, 9.17) is 10.1 Å². The van der Waals surface area contributed by atoms with E-state index in [0.717, 1.165) is 12.8 Å². The van der Waals surface area contributed by atoms with Crippen molar-refractivity contribution < 1.29 is 14.6 Å². The lowest BCUT2D eigenvalue weighted by molar-refractivity contribution is 0.0690. The molecule has 1 saturated heterocycles. The van der Waals surface area contributed by atoms with Crippen LogP contribution in [0, 0.1) is 11.3 Å². The Morgan fingerprint density at radius 3 is 2.60 bits per heavy atom. The largest absolute Gasteiger partial charge is 0.477 e. The Bertz CT molecular complexity index is 942. The summed E-state index contributed by atoms with van der Waals surface area (Å²) in [6, 6.07) is 6.96. The number of pyridine rings is 2. The van der Waals surface area contributed by atoms with Crippen LogP contribution in [0.15, 0.2) is 28.9 Å². The third-order valence-electron chi connectivity index (χ3n) is 5.14. The van der Waals surface area contributed by atoms with E-state index in [9.17, 15) is 9.90 Å². The van der Waals surface area contributed by atoms with Gasteiger partial charge in [0.15, 0.2) is 5.69 Å². The van der Waals surface area contributed by atoms with Crippen molar-refractivity contribution in [1.82, 2.24) is 9.97 Å². The van der Waals surface area contributed by atoms with Crippen LogP contribution in [-0.2, 0) is 4.74 Å². The highest BCUT2D eigenvalue weighted by molar-refractivity contribution is 9.10. The van der Waals surface area contributed by atoms with Gasteiger partial charge in [-0.2, -0.15) is 0 Å². The molecule has 3 N–H and O–H groups in total. The molecule has 2 aromatic heterocycles. The fourth-order valence-corrected chi connectivity index (χ4v) is 3.81. The topological polar surface area (TPSA) is 111 Å². The number of halogens is 1. The zero-order valence-electron chi connectivity index (χ0n) is 17.3. The lowest BCUT2D eigenvalue weighted by Gasteiger charge is -2.35. The minimum Gasteiger partial charge on any atom is -0.477 e. The highest BCUT2D eigenvalue weighted by atomic mass is 79.9. The number of carbonyl (C=O) groups is 1. The molecular formula is C21H26BrN5O3. The number of anilines is 3. The van der Waals surface area contributed by atoms with Crippen LogP contribution in [-0.4, -0.2) is 53.1 Å². The molecule has 3 rings (SSSR count). The SMILES string of the molecule is COC1CCN(c2cc(C(=O)O)nc(Nc3cccc(Br)n3)c2C(=N)C(C)C)CC1. The van der Waals surface area contributed by atoms with Gasteiger partial charge in [0, 0.05) is 25.9 Å². The minimum absolute atomic E-state index is 0.0613. The van der Waals surface area contributed by atoms with E-state index in [0.29, 0.717) is 46.3 Å². The number of ether oxygens (including phenoxy) is 1. The Kier molecular flexibility index (Phi) is 7.04. The Morgan fingerprint density at radius 1 is 1.33 bits per heavy atom. The minimum atomic E-state index is -1.11. The van der Waals surface area contributed by atoms with Crippen LogP contribution in [0.4, 0.5) is 17.3 Å². The van der Waals surface area contributed by atoms with Crippen molar-refractivity contribution in [1.29, 1.82) is 5.41 Å². The molecule has 0 amide bonds. The molecule has 0 atom stereocenters. The van der Waals surface area contributed by atoms with Crippen molar-refractivity contribution in [2.45, 2.75) is 32.8 Å². The number of carboxylic acids is 1. The van der Waals surface area contributed by atoms with E-state index in [-0.39, 0.29) is 17.7 Å². The maximum atomic E-state index is 11.8. The summed E-state index contributed by atoms with van der Waals surface area (Å²) in [5.74, 6) is -0.339. The first-order valence-electron chi connectivity index (χ1n) is 9.84. The van der Waals surface area contributed by atoms with Crippen LogP contribution < -0.4 is 10.2 Å². The van der Waals surface area contributed by atoms with Crippen molar-refractivity contribution in [3.8, 4) is 0 Å². The predicted molar refractivity (Wildman–Crippen MR) is 120 cm³/mol. The summed E-state index contributed by atoms with van der Waals surface area (Å²) >= 11 is 3.35. The van der Waals surface area contributed by atoms with Gasteiger partial charge in [0.2, 0.25) is 0 Å². The summed E-state index contributed by atoms with van der Waals surface area (Å²) in [4.78, 5) is 22.6. The summed E-state index contributed by atoms with van der Waals surface area (Å²) < 4.78 is 6.11. The van der Waals surface area contributed by atoms with Gasteiger partial charge in [-0.25, -0.2) is 14.8 Å². The van der Waals surface area contributed by atoms with Crippen molar-refractivity contribution in [3.05, 3.63) is 40.1 Å². The Balaban J connectivity index is 2.12. The molecule has 3 heterocycles. The molecule has 0 radical (unpaired) electrons. The van der Waals surface area contributed by atoms with Crippen LogP contribution in [0.2, 0.25) is 0 Å². The molecular weight excluding hydrogens is 450 g/mol. The molecule has 0 unspecified atom stereocenters. The van der Waals surface area contributed by atoms with Gasteiger partial charge in [-0.05, 0) is 52.9 Å². The molecule has 0 bridgehead atoms. The second-order valence-corrected chi connectivity index (χ2v) is 8.33.